The van der Waals surface area contributed by atoms with Crippen LogP contribution in [0.15, 0.2) is 97.1 Å². The van der Waals surface area contributed by atoms with E-state index in [1.165, 1.54) is 60.4 Å². The first-order valence-corrected chi connectivity index (χ1v) is 10.6. The van der Waals surface area contributed by atoms with E-state index in [0.717, 1.165) is 0 Å². The van der Waals surface area contributed by atoms with Crippen LogP contribution in [0.4, 0.5) is 0 Å². The predicted molar refractivity (Wildman–Crippen MR) is 126 cm³/mol. The Labute approximate surface area is 224 Å². The second-order valence-corrected chi connectivity index (χ2v) is 8.40. The third-order valence-electron chi connectivity index (χ3n) is 6.96. The molecular formula is C29H20Cl2NZr. The number of benzene rings is 4. The Morgan fingerprint density at radius 2 is 1.30 bits per heavy atom. The van der Waals surface area contributed by atoms with E-state index in [2.05, 4.69) is 109 Å². The molecule has 159 valence electrons. The van der Waals surface area contributed by atoms with Gasteiger partial charge in [0.15, 0.2) is 0 Å². The molecule has 0 spiro atoms. The summed E-state index contributed by atoms with van der Waals surface area (Å²) >= 11 is 0. The molecular weight excluding hydrogens is 524 g/mol. The van der Waals surface area contributed by atoms with E-state index in [-0.39, 0.29) is 56.9 Å². The van der Waals surface area contributed by atoms with Crippen molar-refractivity contribution in [2.75, 3.05) is 0 Å². The summed E-state index contributed by atoms with van der Waals surface area (Å²) in [5.74, 6) is 0.253. The molecule has 7 rings (SSSR count). The van der Waals surface area contributed by atoms with E-state index in [1.54, 1.807) is 0 Å². The van der Waals surface area contributed by atoms with Gasteiger partial charge in [-0.05, 0) is 17.2 Å². The van der Waals surface area contributed by atoms with Crippen molar-refractivity contribution in [3.05, 3.63) is 114 Å². The van der Waals surface area contributed by atoms with Crippen molar-refractivity contribution in [2.45, 2.75) is 5.92 Å². The first kappa shape index (κ1) is 23.9. The minimum atomic E-state index is 0. The van der Waals surface area contributed by atoms with Crippen molar-refractivity contribution in [1.29, 1.82) is 0 Å². The maximum absolute atomic E-state index is 2.38. The van der Waals surface area contributed by atoms with Crippen LogP contribution in [-0.2, 0) is 33.3 Å². The number of hydrogen-bond acceptors (Lipinski definition) is 0. The van der Waals surface area contributed by atoms with Gasteiger partial charge in [-0.2, -0.15) is 0 Å². The SMILES string of the molecule is Cn1c2c(c3ccccc31)C(c1cccc3c1[cH-]c1ccccc13)c1ccccc1-2.[Cl-].[Cl-].[Zr+3]. The molecule has 0 amide bonds. The number of hydrogen-bond donors (Lipinski definition) is 0. The molecule has 0 saturated heterocycles. The summed E-state index contributed by atoms with van der Waals surface area (Å²) in [6, 6.07) is 35.7. The number of para-hydroxylation sites is 1. The fourth-order valence-corrected chi connectivity index (χ4v) is 5.74. The summed E-state index contributed by atoms with van der Waals surface area (Å²) < 4.78 is 2.38. The topological polar surface area (TPSA) is 4.93 Å². The molecule has 1 aliphatic carbocycles. The van der Waals surface area contributed by atoms with Crippen LogP contribution in [0.25, 0.3) is 43.7 Å². The van der Waals surface area contributed by atoms with Crippen LogP contribution >= 0.6 is 0 Å². The zero-order valence-corrected chi connectivity index (χ0v) is 22.0. The van der Waals surface area contributed by atoms with Crippen molar-refractivity contribution >= 4 is 32.4 Å². The van der Waals surface area contributed by atoms with Crippen LogP contribution in [0.2, 0.25) is 0 Å². The minimum absolute atomic E-state index is 0. The second-order valence-electron chi connectivity index (χ2n) is 8.40. The zero-order chi connectivity index (χ0) is 19.8. The average molecular weight is 545 g/mol. The van der Waals surface area contributed by atoms with Gasteiger partial charge in [-0.3, -0.25) is 0 Å². The molecule has 0 fully saturated rings. The Morgan fingerprint density at radius 1 is 0.667 bits per heavy atom. The predicted octanol–water partition coefficient (Wildman–Crippen LogP) is 1.37. The molecule has 0 saturated carbocycles. The smallest absolute Gasteiger partial charge is 1.00 e. The fraction of sp³-hybridized carbons (Fsp3) is 0.0690. The van der Waals surface area contributed by atoms with Gasteiger partial charge >= 0.3 is 26.2 Å². The molecule has 6 aromatic rings. The molecule has 1 radical (unpaired) electrons. The molecule has 1 unspecified atom stereocenters. The van der Waals surface area contributed by atoms with Crippen molar-refractivity contribution < 1.29 is 51.0 Å². The normalized spacial score (nSPS) is 13.8. The van der Waals surface area contributed by atoms with Crippen LogP contribution in [0, 0.1) is 0 Å². The van der Waals surface area contributed by atoms with Crippen molar-refractivity contribution in [2.24, 2.45) is 7.05 Å². The van der Waals surface area contributed by atoms with Crippen LogP contribution < -0.4 is 24.8 Å². The number of aromatic nitrogens is 1. The number of aryl methyl sites for hydroxylation is 1. The Morgan fingerprint density at radius 3 is 2.15 bits per heavy atom. The largest absolute Gasteiger partial charge is 3.00 e. The van der Waals surface area contributed by atoms with Crippen molar-refractivity contribution in [3.63, 3.8) is 0 Å². The van der Waals surface area contributed by atoms with E-state index in [4.69, 9.17) is 0 Å². The summed E-state index contributed by atoms with van der Waals surface area (Å²) in [7, 11) is 2.21. The number of fused-ring (bicyclic) bond motifs is 8. The van der Waals surface area contributed by atoms with E-state index >= 15 is 0 Å². The van der Waals surface area contributed by atoms with Gasteiger partial charge < -0.3 is 29.4 Å². The molecule has 0 N–H and O–H groups in total. The molecule has 1 aliphatic rings. The standard InChI is InChI=1S/C29H20N.2ClH.Zr/c1-30-26-16-7-6-13-24(26)28-27(21-11-4-5-12-23(21)29(28)30)22-15-8-14-20-19-10-3-2-9-18(19)17-25(20)22;;;/h2-17,27H,1H3;2*1H;/q-1;;;+3/p-2. The van der Waals surface area contributed by atoms with Crippen LogP contribution in [0.3, 0.4) is 0 Å². The molecule has 1 heterocycles. The Balaban J connectivity index is 0.000000864. The maximum atomic E-state index is 2.38. The summed E-state index contributed by atoms with van der Waals surface area (Å²) in [4.78, 5) is 0. The van der Waals surface area contributed by atoms with Gasteiger partial charge in [-0.1, -0.05) is 84.4 Å². The zero-order valence-electron chi connectivity index (χ0n) is 18.0. The van der Waals surface area contributed by atoms with Crippen LogP contribution in [0.5, 0.6) is 0 Å². The van der Waals surface area contributed by atoms with E-state index in [1.807, 2.05) is 0 Å². The van der Waals surface area contributed by atoms with E-state index in [9.17, 15) is 0 Å². The molecule has 1 atom stereocenters. The summed E-state index contributed by atoms with van der Waals surface area (Å²) in [5.41, 5.74) is 8.32. The third-order valence-corrected chi connectivity index (χ3v) is 6.96. The summed E-state index contributed by atoms with van der Waals surface area (Å²) in [6.45, 7) is 0. The van der Waals surface area contributed by atoms with Gasteiger partial charge in [0.25, 0.3) is 0 Å². The minimum Gasteiger partial charge on any atom is -1.00 e. The van der Waals surface area contributed by atoms with Gasteiger partial charge in [0.05, 0.1) is 5.69 Å². The first-order chi connectivity index (χ1) is 14.8. The second kappa shape index (κ2) is 8.84. The van der Waals surface area contributed by atoms with E-state index < -0.39 is 0 Å². The van der Waals surface area contributed by atoms with E-state index in [0.29, 0.717) is 0 Å². The van der Waals surface area contributed by atoms with Crippen LogP contribution in [0.1, 0.15) is 22.6 Å². The molecule has 1 aromatic heterocycles. The van der Waals surface area contributed by atoms with Crippen molar-refractivity contribution in [1.82, 2.24) is 4.57 Å². The number of rotatable bonds is 1. The first-order valence-electron chi connectivity index (χ1n) is 10.6. The number of halogens is 2. The molecule has 1 nitrogen and oxygen atoms in total. The maximum Gasteiger partial charge on any atom is 3.00 e. The van der Waals surface area contributed by atoms with Gasteiger partial charge in [0, 0.05) is 29.4 Å². The molecule has 33 heavy (non-hydrogen) atoms. The molecule has 5 aromatic carbocycles. The van der Waals surface area contributed by atoms with Gasteiger partial charge in [-0.25, -0.2) is 0 Å². The van der Waals surface area contributed by atoms with Gasteiger partial charge in [0.1, 0.15) is 0 Å². The summed E-state index contributed by atoms with van der Waals surface area (Å²) in [6.07, 6.45) is 0. The quantitative estimate of drug-likeness (QED) is 0.275. The molecule has 0 aliphatic heterocycles. The number of nitrogens with zero attached hydrogens (tertiary/aromatic N) is 1. The fourth-order valence-electron chi connectivity index (χ4n) is 5.74. The van der Waals surface area contributed by atoms with Crippen LogP contribution in [-0.4, -0.2) is 4.57 Å². The van der Waals surface area contributed by atoms with Crippen molar-refractivity contribution in [3.8, 4) is 11.3 Å². The van der Waals surface area contributed by atoms with Gasteiger partial charge in [0.2, 0.25) is 0 Å². The molecule has 0 bridgehead atoms. The van der Waals surface area contributed by atoms with Gasteiger partial charge in [-0.15, -0.1) is 33.7 Å². The molecule has 4 heteroatoms. The third kappa shape index (κ3) is 3.19. The average Bonchev–Trinajstić information content (AvgIpc) is 3.43. The Kier molecular flexibility index (Phi) is 6.40. The summed E-state index contributed by atoms with van der Waals surface area (Å²) in [5, 5.41) is 6.76. The Hall–Kier alpha value is -2.25. The Bertz CT molecular complexity index is 1630. The monoisotopic (exact) mass is 542 g/mol.